The Morgan fingerprint density at radius 1 is 1.41 bits per heavy atom. The molecular formula is C17H27ClN2O2. The third kappa shape index (κ3) is 5.50. The largest absolute Gasteiger partial charge is 0.493 e. The van der Waals surface area contributed by atoms with E-state index in [0.717, 1.165) is 43.8 Å². The predicted molar refractivity (Wildman–Crippen MR) is 91.8 cm³/mol. The van der Waals surface area contributed by atoms with Gasteiger partial charge in [0, 0.05) is 19.5 Å². The second-order valence-electron chi connectivity index (χ2n) is 5.77. The number of benzene rings is 1. The lowest BCUT2D eigenvalue weighted by molar-refractivity contribution is -0.130. The quantitative estimate of drug-likeness (QED) is 0.783. The Bertz CT molecular complexity index is 468. The highest BCUT2D eigenvalue weighted by molar-refractivity contribution is 5.85. The summed E-state index contributed by atoms with van der Waals surface area (Å²) >= 11 is 0. The summed E-state index contributed by atoms with van der Waals surface area (Å²) in [5, 5.41) is 3.19. The Morgan fingerprint density at radius 2 is 2.18 bits per heavy atom. The molecule has 1 atom stereocenters. The highest BCUT2D eigenvalue weighted by Crippen LogP contribution is 2.18. The molecule has 1 aliphatic heterocycles. The van der Waals surface area contributed by atoms with E-state index in [1.807, 2.05) is 43.1 Å². The SMILES string of the molecule is CNCC1CCN(C(=O)CCCOc2ccccc2C)C1.Cl. The van der Waals surface area contributed by atoms with Gasteiger partial charge in [0.15, 0.2) is 0 Å². The van der Waals surface area contributed by atoms with E-state index in [1.165, 1.54) is 0 Å². The van der Waals surface area contributed by atoms with E-state index < -0.39 is 0 Å². The summed E-state index contributed by atoms with van der Waals surface area (Å²) in [5.74, 6) is 1.80. The van der Waals surface area contributed by atoms with Crippen molar-refractivity contribution >= 4 is 18.3 Å². The Labute approximate surface area is 139 Å². The molecule has 1 aromatic carbocycles. The van der Waals surface area contributed by atoms with Gasteiger partial charge in [-0.05, 0) is 50.9 Å². The van der Waals surface area contributed by atoms with E-state index in [2.05, 4.69) is 5.32 Å². The molecule has 0 bridgehead atoms. The minimum Gasteiger partial charge on any atom is -0.493 e. The van der Waals surface area contributed by atoms with Gasteiger partial charge in [-0.3, -0.25) is 4.79 Å². The fourth-order valence-corrected chi connectivity index (χ4v) is 2.80. The van der Waals surface area contributed by atoms with E-state index in [4.69, 9.17) is 4.74 Å². The van der Waals surface area contributed by atoms with Crippen LogP contribution in [0.1, 0.15) is 24.8 Å². The van der Waals surface area contributed by atoms with Gasteiger partial charge in [0.1, 0.15) is 5.75 Å². The van der Waals surface area contributed by atoms with Crippen LogP contribution < -0.4 is 10.1 Å². The first-order valence-corrected chi connectivity index (χ1v) is 7.81. The summed E-state index contributed by atoms with van der Waals surface area (Å²) < 4.78 is 5.73. The van der Waals surface area contributed by atoms with Crippen LogP contribution >= 0.6 is 12.4 Å². The number of para-hydroxylation sites is 1. The number of nitrogens with one attached hydrogen (secondary N) is 1. The Hall–Kier alpha value is -1.26. The van der Waals surface area contributed by atoms with Crippen LogP contribution in [-0.4, -0.2) is 44.1 Å². The molecule has 1 fully saturated rings. The number of amides is 1. The van der Waals surface area contributed by atoms with Crippen molar-refractivity contribution in [3.8, 4) is 5.75 Å². The molecule has 0 saturated carbocycles. The molecule has 22 heavy (non-hydrogen) atoms. The van der Waals surface area contributed by atoms with Gasteiger partial charge < -0.3 is 15.0 Å². The van der Waals surface area contributed by atoms with Gasteiger partial charge in [-0.15, -0.1) is 12.4 Å². The summed E-state index contributed by atoms with van der Waals surface area (Å²) in [5.41, 5.74) is 1.14. The number of carbonyl (C=O) groups is 1. The Kier molecular flexibility index (Phi) is 8.28. The third-order valence-corrected chi connectivity index (χ3v) is 4.02. The number of halogens is 1. The van der Waals surface area contributed by atoms with Crippen molar-refractivity contribution < 1.29 is 9.53 Å². The van der Waals surface area contributed by atoms with Crippen LogP contribution in [0.2, 0.25) is 0 Å². The van der Waals surface area contributed by atoms with Crippen LogP contribution in [-0.2, 0) is 4.79 Å². The van der Waals surface area contributed by atoms with Crippen LogP contribution in [0, 0.1) is 12.8 Å². The van der Waals surface area contributed by atoms with Gasteiger partial charge in [-0.25, -0.2) is 0 Å². The van der Waals surface area contributed by atoms with Gasteiger partial charge in [-0.2, -0.15) is 0 Å². The number of carbonyl (C=O) groups excluding carboxylic acids is 1. The summed E-state index contributed by atoms with van der Waals surface area (Å²) in [4.78, 5) is 14.1. The van der Waals surface area contributed by atoms with Crippen molar-refractivity contribution in [3.05, 3.63) is 29.8 Å². The molecule has 1 saturated heterocycles. The second kappa shape index (κ2) is 9.70. The first kappa shape index (κ1) is 18.8. The maximum atomic E-state index is 12.1. The van der Waals surface area contributed by atoms with E-state index in [0.29, 0.717) is 18.9 Å². The molecule has 0 radical (unpaired) electrons. The topological polar surface area (TPSA) is 41.6 Å². The van der Waals surface area contributed by atoms with E-state index in [1.54, 1.807) is 0 Å². The molecule has 1 heterocycles. The molecule has 1 aromatic rings. The minimum atomic E-state index is 0. The smallest absolute Gasteiger partial charge is 0.222 e. The molecule has 5 heteroatoms. The first-order valence-electron chi connectivity index (χ1n) is 7.81. The van der Waals surface area contributed by atoms with Crippen LogP contribution in [0.4, 0.5) is 0 Å². The van der Waals surface area contributed by atoms with Crippen LogP contribution in [0.3, 0.4) is 0 Å². The molecule has 4 nitrogen and oxygen atoms in total. The lowest BCUT2D eigenvalue weighted by atomic mass is 10.1. The van der Waals surface area contributed by atoms with Gasteiger partial charge in [-0.1, -0.05) is 18.2 Å². The van der Waals surface area contributed by atoms with Crippen LogP contribution in [0.15, 0.2) is 24.3 Å². The molecule has 1 aliphatic rings. The summed E-state index contributed by atoms with van der Waals surface area (Å²) in [6, 6.07) is 7.98. The summed E-state index contributed by atoms with van der Waals surface area (Å²) in [6.45, 7) is 5.44. The van der Waals surface area contributed by atoms with Crippen molar-refractivity contribution in [2.75, 3.05) is 33.3 Å². The lowest BCUT2D eigenvalue weighted by Crippen LogP contribution is -2.30. The maximum absolute atomic E-state index is 12.1. The van der Waals surface area contributed by atoms with E-state index in [9.17, 15) is 4.79 Å². The van der Waals surface area contributed by atoms with Gasteiger partial charge in [0.05, 0.1) is 6.61 Å². The van der Waals surface area contributed by atoms with Gasteiger partial charge >= 0.3 is 0 Å². The van der Waals surface area contributed by atoms with Crippen molar-refractivity contribution in [1.29, 1.82) is 0 Å². The molecular weight excluding hydrogens is 300 g/mol. The highest BCUT2D eigenvalue weighted by Gasteiger charge is 2.25. The number of hydrogen-bond donors (Lipinski definition) is 1. The average molecular weight is 327 g/mol. The average Bonchev–Trinajstić information content (AvgIpc) is 2.94. The Morgan fingerprint density at radius 3 is 2.91 bits per heavy atom. The number of nitrogens with zero attached hydrogens (tertiary/aromatic N) is 1. The van der Waals surface area contributed by atoms with Gasteiger partial charge in [0.2, 0.25) is 5.91 Å². The maximum Gasteiger partial charge on any atom is 0.222 e. The first-order chi connectivity index (χ1) is 10.2. The van der Waals surface area contributed by atoms with Crippen molar-refractivity contribution in [2.24, 2.45) is 5.92 Å². The number of ether oxygens (including phenoxy) is 1. The van der Waals surface area contributed by atoms with Crippen LogP contribution in [0.25, 0.3) is 0 Å². The Balaban J connectivity index is 0.00000242. The molecule has 124 valence electrons. The fourth-order valence-electron chi connectivity index (χ4n) is 2.80. The van der Waals surface area contributed by atoms with Crippen LogP contribution in [0.5, 0.6) is 5.75 Å². The second-order valence-corrected chi connectivity index (χ2v) is 5.77. The van der Waals surface area contributed by atoms with E-state index in [-0.39, 0.29) is 18.3 Å². The zero-order chi connectivity index (χ0) is 15.1. The monoisotopic (exact) mass is 326 g/mol. The molecule has 2 rings (SSSR count). The predicted octanol–water partition coefficient (Wildman–Crippen LogP) is 2.64. The zero-order valence-corrected chi connectivity index (χ0v) is 14.3. The molecule has 1 amide bonds. The minimum absolute atomic E-state index is 0. The van der Waals surface area contributed by atoms with Crippen molar-refractivity contribution in [3.63, 3.8) is 0 Å². The third-order valence-electron chi connectivity index (χ3n) is 4.02. The van der Waals surface area contributed by atoms with E-state index >= 15 is 0 Å². The molecule has 0 spiro atoms. The lowest BCUT2D eigenvalue weighted by Gasteiger charge is -2.16. The normalized spacial score (nSPS) is 17.2. The molecule has 0 aromatic heterocycles. The number of likely N-dealkylation sites (tertiary alicyclic amines) is 1. The summed E-state index contributed by atoms with van der Waals surface area (Å²) in [6.07, 6.45) is 2.48. The fraction of sp³-hybridized carbons (Fsp3) is 0.588. The molecule has 0 aliphatic carbocycles. The number of rotatable bonds is 7. The number of hydrogen-bond acceptors (Lipinski definition) is 3. The zero-order valence-electron chi connectivity index (χ0n) is 13.5. The van der Waals surface area contributed by atoms with Crippen molar-refractivity contribution in [2.45, 2.75) is 26.2 Å². The highest BCUT2D eigenvalue weighted by atomic mass is 35.5. The summed E-state index contributed by atoms with van der Waals surface area (Å²) in [7, 11) is 1.97. The molecule has 1 N–H and O–H groups in total. The molecule has 1 unspecified atom stereocenters. The van der Waals surface area contributed by atoms with Gasteiger partial charge in [0.25, 0.3) is 0 Å². The standard InChI is InChI=1S/C17H26N2O2.ClH/c1-14-6-3-4-7-16(14)21-11-5-8-17(20)19-10-9-15(13-19)12-18-2;/h3-4,6-7,15,18H,5,8-13H2,1-2H3;1H. The van der Waals surface area contributed by atoms with Crippen molar-refractivity contribution in [1.82, 2.24) is 10.2 Å². The number of aryl methyl sites for hydroxylation is 1.